The summed E-state index contributed by atoms with van der Waals surface area (Å²) in [5.41, 5.74) is 2.36. The molecular weight excluding hydrogens is 346 g/mol. The zero-order valence-corrected chi connectivity index (χ0v) is 16.1. The van der Waals surface area contributed by atoms with Gasteiger partial charge in [-0.15, -0.1) is 0 Å². The highest BCUT2D eigenvalue weighted by Crippen LogP contribution is 2.23. The number of hydrogen-bond acceptors (Lipinski definition) is 4. The number of thioether (sulfide) groups is 1. The first-order chi connectivity index (χ1) is 12.7. The summed E-state index contributed by atoms with van der Waals surface area (Å²) in [5, 5.41) is 2.86. The van der Waals surface area contributed by atoms with Gasteiger partial charge in [0.25, 0.3) is 5.91 Å². The molecule has 0 aliphatic rings. The Morgan fingerprint density at radius 2 is 1.77 bits per heavy atom. The van der Waals surface area contributed by atoms with E-state index in [2.05, 4.69) is 5.32 Å². The molecule has 0 spiro atoms. The van der Waals surface area contributed by atoms with Crippen LogP contribution in [0.3, 0.4) is 0 Å². The van der Waals surface area contributed by atoms with Crippen molar-refractivity contribution in [1.82, 2.24) is 5.32 Å². The summed E-state index contributed by atoms with van der Waals surface area (Å²) < 4.78 is 5.24. The van der Waals surface area contributed by atoms with Crippen LogP contribution >= 0.6 is 11.8 Å². The van der Waals surface area contributed by atoms with Gasteiger partial charge >= 0.3 is 5.97 Å². The fourth-order valence-electron chi connectivity index (χ4n) is 2.57. The molecule has 0 aromatic heterocycles. The van der Waals surface area contributed by atoms with Crippen LogP contribution in [0.5, 0.6) is 0 Å². The molecule has 0 aliphatic carbocycles. The van der Waals surface area contributed by atoms with Gasteiger partial charge in [-0.1, -0.05) is 55.5 Å². The normalized spacial score (nSPS) is 11.6. The first-order valence-corrected chi connectivity index (χ1v) is 10.2. The van der Waals surface area contributed by atoms with E-state index in [0.717, 1.165) is 23.3 Å². The minimum Gasteiger partial charge on any atom is -0.464 e. The number of rotatable bonds is 9. The Morgan fingerprint density at radius 3 is 2.46 bits per heavy atom. The Bertz CT molecular complexity index is 718. The Morgan fingerprint density at radius 1 is 1.08 bits per heavy atom. The quantitative estimate of drug-likeness (QED) is 0.673. The zero-order chi connectivity index (χ0) is 18.8. The molecule has 2 aromatic rings. The molecule has 4 nitrogen and oxygen atoms in total. The molecule has 0 aliphatic heterocycles. The van der Waals surface area contributed by atoms with Crippen LogP contribution in [0.25, 0.3) is 11.1 Å². The molecule has 0 fully saturated rings. The summed E-state index contributed by atoms with van der Waals surface area (Å²) in [7, 11) is 0. The number of carbonyl (C=O) groups is 2. The van der Waals surface area contributed by atoms with E-state index in [9.17, 15) is 9.59 Å². The van der Waals surface area contributed by atoms with Crippen LogP contribution in [0, 0.1) is 0 Å². The third-order valence-electron chi connectivity index (χ3n) is 3.91. The van der Waals surface area contributed by atoms with Crippen LogP contribution in [0.1, 0.15) is 30.1 Å². The lowest BCUT2D eigenvalue weighted by molar-refractivity contribution is -0.146. The third-order valence-corrected chi connectivity index (χ3v) is 4.55. The third kappa shape index (κ3) is 5.63. The second-order valence-electron chi connectivity index (χ2n) is 5.89. The van der Waals surface area contributed by atoms with Crippen molar-refractivity contribution in [2.75, 3.05) is 18.6 Å². The maximum absolute atomic E-state index is 12.9. The van der Waals surface area contributed by atoms with E-state index in [0.29, 0.717) is 18.6 Å². The molecule has 1 N–H and O–H groups in total. The van der Waals surface area contributed by atoms with Crippen LogP contribution in [0.2, 0.25) is 0 Å². The number of amides is 1. The highest BCUT2D eigenvalue weighted by atomic mass is 32.2. The van der Waals surface area contributed by atoms with E-state index in [1.165, 1.54) is 0 Å². The van der Waals surface area contributed by atoms with Crippen molar-refractivity contribution in [1.29, 1.82) is 0 Å². The molecular formula is C21H25NO3S. The van der Waals surface area contributed by atoms with Gasteiger partial charge in [-0.25, -0.2) is 4.79 Å². The second kappa shape index (κ2) is 10.7. The van der Waals surface area contributed by atoms with Gasteiger partial charge in [0.05, 0.1) is 6.61 Å². The van der Waals surface area contributed by atoms with Gasteiger partial charge in [-0.05, 0) is 42.0 Å². The summed E-state index contributed by atoms with van der Waals surface area (Å²) in [4.78, 5) is 25.1. The van der Waals surface area contributed by atoms with Gasteiger partial charge in [0.2, 0.25) is 0 Å². The topological polar surface area (TPSA) is 55.4 Å². The van der Waals surface area contributed by atoms with Crippen molar-refractivity contribution in [3.8, 4) is 11.1 Å². The number of benzene rings is 2. The van der Waals surface area contributed by atoms with Gasteiger partial charge < -0.3 is 10.1 Å². The van der Waals surface area contributed by atoms with Crippen LogP contribution in [0.4, 0.5) is 0 Å². The largest absolute Gasteiger partial charge is 0.464 e. The van der Waals surface area contributed by atoms with Crippen LogP contribution < -0.4 is 5.32 Å². The van der Waals surface area contributed by atoms with Crippen molar-refractivity contribution >= 4 is 23.6 Å². The SMILES string of the molecule is CCCOC(=O)C(CCSC)NC(=O)c1ccccc1-c1ccccc1. The van der Waals surface area contributed by atoms with Crippen molar-refractivity contribution in [3.05, 3.63) is 60.2 Å². The molecule has 2 rings (SSSR count). The van der Waals surface area contributed by atoms with Gasteiger partial charge in [0, 0.05) is 5.56 Å². The summed E-state index contributed by atoms with van der Waals surface area (Å²) in [6, 6.07) is 16.5. The van der Waals surface area contributed by atoms with Crippen LogP contribution in [-0.4, -0.2) is 36.5 Å². The van der Waals surface area contributed by atoms with E-state index >= 15 is 0 Å². The maximum atomic E-state index is 12.9. The lowest BCUT2D eigenvalue weighted by atomic mass is 9.99. The van der Waals surface area contributed by atoms with E-state index in [1.807, 2.05) is 61.7 Å². The average Bonchev–Trinajstić information content (AvgIpc) is 2.69. The molecule has 0 radical (unpaired) electrons. The molecule has 2 aromatic carbocycles. The van der Waals surface area contributed by atoms with Gasteiger partial charge in [0.15, 0.2) is 0 Å². The predicted octanol–water partition coefficient (Wildman–Crippen LogP) is 4.16. The molecule has 138 valence electrons. The highest BCUT2D eigenvalue weighted by Gasteiger charge is 2.23. The molecule has 26 heavy (non-hydrogen) atoms. The molecule has 5 heteroatoms. The maximum Gasteiger partial charge on any atom is 0.328 e. The first-order valence-electron chi connectivity index (χ1n) is 8.78. The van der Waals surface area contributed by atoms with E-state index < -0.39 is 6.04 Å². The standard InChI is InChI=1S/C21H25NO3S/c1-3-14-25-21(24)19(13-15-26-2)22-20(23)18-12-8-7-11-17(18)16-9-5-4-6-10-16/h4-12,19H,3,13-15H2,1-2H3,(H,22,23). The number of nitrogens with one attached hydrogen (secondary N) is 1. The van der Waals surface area contributed by atoms with Crippen molar-refractivity contribution in [2.45, 2.75) is 25.8 Å². The molecule has 0 saturated heterocycles. The van der Waals surface area contributed by atoms with Crippen molar-refractivity contribution < 1.29 is 14.3 Å². The lowest BCUT2D eigenvalue weighted by Gasteiger charge is -2.18. The van der Waals surface area contributed by atoms with E-state index in [1.54, 1.807) is 17.8 Å². The summed E-state index contributed by atoms with van der Waals surface area (Å²) in [5.74, 6) is 0.141. The minimum absolute atomic E-state index is 0.260. The molecule has 1 atom stereocenters. The zero-order valence-electron chi connectivity index (χ0n) is 15.2. The number of carbonyl (C=O) groups excluding carboxylic acids is 2. The molecule has 0 bridgehead atoms. The van der Waals surface area contributed by atoms with Crippen LogP contribution in [-0.2, 0) is 9.53 Å². The average molecular weight is 372 g/mol. The monoisotopic (exact) mass is 371 g/mol. The number of ether oxygens (including phenoxy) is 1. The highest BCUT2D eigenvalue weighted by molar-refractivity contribution is 7.98. The number of esters is 1. The molecule has 0 heterocycles. The second-order valence-corrected chi connectivity index (χ2v) is 6.87. The van der Waals surface area contributed by atoms with Crippen LogP contribution in [0.15, 0.2) is 54.6 Å². The Labute approximate surface area is 159 Å². The molecule has 1 unspecified atom stereocenters. The Hall–Kier alpha value is -2.27. The minimum atomic E-state index is -0.634. The smallest absolute Gasteiger partial charge is 0.328 e. The molecule has 0 saturated carbocycles. The van der Waals surface area contributed by atoms with Gasteiger partial charge in [0.1, 0.15) is 6.04 Å². The summed E-state index contributed by atoms with van der Waals surface area (Å²) in [6.07, 6.45) is 3.27. The van der Waals surface area contributed by atoms with Gasteiger partial charge in [-0.3, -0.25) is 4.79 Å². The van der Waals surface area contributed by atoms with E-state index in [-0.39, 0.29) is 11.9 Å². The fourth-order valence-corrected chi connectivity index (χ4v) is 3.05. The summed E-state index contributed by atoms with van der Waals surface area (Å²) >= 11 is 1.64. The lowest BCUT2D eigenvalue weighted by Crippen LogP contribution is -2.42. The Kier molecular flexibility index (Phi) is 8.22. The summed E-state index contributed by atoms with van der Waals surface area (Å²) in [6.45, 7) is 2.31. The first kappa shape index (κ1) is 20.0. The van der Waals surface area contributed by atoms with Crippen molar-refractivity contribution in [2.24, 2.45) is 0 Å². The Balaban J connectivity index is 2.20. The number of hydrogen-bond donors (Lipinski definition) is 1. The molecule has 1 amide bonds. The van der Waals surface area contributed by atoms with Crippen molar-refractivity contribution in [3.63, 3.8) is 0 Å². The van der Waals surface area contributed by atoms with E-state index in [4.69, 9.17) is 4.74 Å². The van der Waals surface area contributed by atoms with Gasteiger partial charge in [-0.2, -0.15) is 11.8 Å². The predicted molar refractivity (Wildman–Crippen MR) is 107 cm³/mol. The fraction of sp³-hybridized carbons (Fsp3) is 0.333.